The number of carbonyl (C=O) groups excluding carboxylic acids is 1. The fraction of sp³-hybridized carbons (Fsp3) is 0.611. The van der Waals surface area contributed by atoms with E-state index < -0.39 is 0 Å². The van der Waals surface area contributed by atoms with Crippen molar-refractivity contribution in [2.24, 2.45) is 5.92 Å². The number of hydrogen-bond donors (Lipinski definition) is 1. The maximum Gasteiger partial charge on any atom is 0.224 e. The van der Waals surface area contributed by atoms with Gasteiger partial charge in [0, 0.05) is 35.6 Å². The number of hydrogen-bond acceptors (Lipinski definition) is 3. The van der Waals surface area contributed by atoms with Gasteiger partial charge in [0.25, 0.3) is 0 Å². The maximum atomic E-state index is 12.3. The van der Waals surface area contributed by atoms with Gasteiger partial charge in [-0.25, -0.2) is 0 Å². The molecule has 2 aliphatic rings. The van der Waals surface area contributed by atoms with Gasteiger partial charge in [0.2, 0.25) is 5.91 Å². The van der Waals surface area contributed by atoms with Crippen molar-refractivity contribution in [2.45, 2.75) is 38.1 Å². The van der Waals surface area contributed by atoms with E-state index in [2.05, 4.69) is 5.32 Å². The van der Waals surface area contributed by atoms with Gasteiger partial charge in [-0.2, -0.15) is 0 Å². The second-order valence-electron chi connectivity index (χ2n) is 6.74. The summed E-state index contributed by atoms with van der Waals surface area (Å²) in [6, 6.07) is 5.63. The van der Waals surface area contributed by atoms with Gasteiger partial charge in [0.05, 0.1) is 6.61 Å². The third-order valence-electron chi connectivity index (χ3n) is 4.87. The van der Waals surface area contributed by atoms with E-state index in [-0.39, 0.29) is 5.91 Å². The van der Waals surface area contributed by atoms with E-state index in [4.69, 9.17) is 27.9 Å². The Morgan fingerprint density at radius 3 is 2.50 bits per heavy atom. The lowest BCUT2D eigenvalue weighted by Gasteiger charge is -2.32. The number of carbonyl (C=O) groups is 1. The van der Waals surface area contributed by atoms with Gasteiger partial charge in [0.1, 0.15) is 5.75 Å². The SMILES string of the molecule is O=C(CC1CCCN1)N1CCC(COc2cc(Cl)cc(Cl)c2)CC1. The van der Waals surface area contributed by atoms with Crippen molar-refractivity contribution in [1.29, 1.82) is 0 Å². The summed E-state index contributed by atoms with van der Waals surface area (Å²) in [6.45, 7) is 3.35. The van der Waals surface area contributed by atoms with E-state index in [0.29, 0.717) is 40.8 Å². The summed E-state index contributed by atoms with van der Waals surface area (Å²) >= 11 is 12.0. The van der Waals surface area contributed by atoms with Crippen molar-refractivity contribution in [3.8, 4) is 5.75 Å². The molecule has 1 unspecified atom stereocenters. The predicted molar refractivity (Wildman–Crippen MR) is 96.9 cm³/mol. The molecule has 1 aromatic rings. The van der Waals surface area contributed by atoms with Crippen LogP contribution in [0.15, 0.2) is 18.2 Å². The molecule has 1 amide bonds. The van der Waals surface area contributed by atoms with Crippen molar-refractivity contribution in [3.63, 3.8) is 0 Å². The molecular weight excluding hydrogens is 347 g/mol. The number of piperidine rings is 1. The van der Waals surface area contributed by atoms with Crippen molar-refractivity contribution >= 4 is 29.1 Å². The first-order valence-corrected chi connectivity index (χ1v) is 9.46. The molecule has 3 rings (SSSR count). The minimum atomic E-state index is 0.287. The molecule has 0 aliphatic carbocycles. The number of amides is 1. The lowest BCUT2D eigenvalue weighted by atomic mass is 9.97. The van der Waals surface area contributed by atoms with Crippen LogP contribution in [0.1, 0.15) is 32.1 Å². The normalized spacial score (nSPS) is 21.9. The van der Waals surface area contributed by atoms with Crippen LogP contribution in [0.5, 0.6) is 5.75 Å². The predicted octanol–water partition coefficient (Wildman–Crippen LogP) is 3.75. The van der Waals surface area contributed by atoms with Gasteiger partial charge in [-0.05, 0) is 56.3 Å². The number of benzene rings is 1. The quantitative estimate of drug-likeness (QED) is 0.857. The van der Waals surface area contributed by atoms with Crippen LogP contribution in [-0.2, 0) is 4.79 Å². The Bertz CT molecular complexity index is 548. The van der Waals surface area contributed by atoms with Gasteiger partial charge in [-0.1, -0.05) is 23.2 Å². The summed E-state index contributed by atoms with van der Waals surface area (Å²) in [5.41, 5.74) is 0. The fourth-order valence-corrected chi connectivity index (χ4v) is 3.95. The Morgan fingerprint density at radius 2 is 1.88 bits per heavy atom. The second kappa shape index (κ2) is 8.41. The summed E-state index contributed by atoms with van der Waals surface area (Å²) in [5.74, 6) is 1.46. The largest absolute Gasteiger partial charge is 0.493 e. The minimum Gasteiger partial charge on any atom is -0.493 e. The first kappa shape index (κ1) is 17.8. The smallest absolute Gasteiger partial charge is 0.224 e. The third kappa shape index (κ3) is 5.01. The van der Waals surface area contributed by atoms with Crippen LogP contribution in [0.3, 0.4) is 0 Å². The molecule has 24 heavy (non-hydrogen) atoms. The molecule has 1 aromatic carbocycles. The zero-order chi connectivity index (χ0) is 16.9. The molecule has 0 aromatic heterocycles. The molecule has 0 bridgehead atoms. The van der Waals surface area contributed by atoms with Crippen LogP contribution >= 0.6 is 23.2 Å². The number of rotatable bonds is 5. The van der Waals surface area contributed by atoms with Crippen LogP contribution in [-0.4, -0.2) is 43.1 Å². The summed E-state index contributed by atoms with van der Waals surface area (Å²) in [7, 11) is 0. The highest BCUT2D eigenvalue weighted by molar-refractivity contribution is 6.34. The third-order valence-corrected chi connectivity index (χ3v) is 5.31. The topological polar surface area (TPSA) is 41.6 Å². The Hall–Kier alpha value is -0.970. The highest BCUT2D eigenvalue weighted by Gasteiger charge is 2.26. The second-order valence-corrected chi connectivity index (χ2v) is 7.61. The van der Waals surface area contributed by atoms with E-state index in [1.54, 1.807) is 18.2 Å². The van der Waals surface area contributed by atoms with Gasteiger partial charge < -0.3 is 15.0 Å². The molecule has 1 atom stereocenters. The van der Waals surface area contributed by atoms with Crippen molar-refractivity contribution < 1.29 is 9.53 Å². The van der Waals surface area contributed by atoms with Crippen molar-refractivity contribution in [3.05, 3.63) is 28.2 Å². The first-order chi connectivity index (χ1) is 11.6. The lowest BCUT2D eigenvalue weighted by Crippen LogP contribution is -2.41. The summed E-state index contributed by atoms with van der Waals surface area (Å²) < 4.78 is 5.83. The van der Waals surface area contributed by atoms with Gasteiger partial charge in [-0.3, -0.25) is 4.79 Å². The number of nitrogens with zero attached hydrogens (tertiary/aromatic N) is 1. The van der Waals surface area contributed by atoms with Gasteiger partial charge in [0.15, 0.2) is 0 Å². The first-order valence-electron chi connectivity index (χ1n) is 8.70. The molecular formula is C18H24Cl2N2O2. The van der Waals surface area contributed by atoms with Crippen molar-refractivity contribution in [2.75, 3.05) is 26.2 Å². The average molecular weight is 371 g/mol. The van der Waals surface area contributed by atoms with Gasteiger partial charge in [-0.15, -0.1) is 0 Å². The number of ether oxygens (including phenoxy) is 1. The molecule has 4 nitrogen and oxygen atoms in total. The van der Waals surface area contributed by atoms with Crippen LogP contribution in [0.4, 0.5) is 0 Å². The molecule has 0 radical (unpaired) electrons. The average Bonchev–Trinajstić information content (AvgIpc) is 3.05. The summed E-state index contributed by atoms with van der Waals surface area (Å²) in [4.78, 5) is 14.3. The highest BCUT2D eigenvalue weighted by Crippen LogP contribution is 2.26. The molecule has 2 fully saturated rings. The Labute approximate surface area is 153 Å². The number of nitrogens with one attached hydrogen (secondary N) is 1. The van der Waals surface area contributed by atoms with E-state index in [1.807, 2.05) is 4.90 Å². The zero-order valence-corrected chi connectivity index (χ0v) is 15.3. The highest BCUT2D eigenvalue weighted by atomic mass is 35.5. The van der Waals surface area contributed by atoms with E-state index in [1.165, 1.54) is 6.42 Å². The minimum absolute atomic E-state index is 0.287. The zero-order valence-electron chi connectivity index (χ0n) is 13.8. The van der Waals surface area contributed by atoms with Crippen LogP contribution < -0.4 is 10.1 Å². The Kier molecular flexibility index (Phi) is 6.25. The van der Waals surface area contributed by atoms with Crippen molar-refractivity contribution in [1.82, 2.24) is 10.2 Å². The van der Waals surface area contributed by atoms with Crippen LogP contribution in [0, 0.1) is 5.92 Å². The number of halogens is 2. The molecule has 2 heterocycles. The van der Waals surface area contributed by atoms with E-state index in [9.17, 15) is 4.79 Å². The lowest BCUT2D eigenvalue weighted by molar-refractivity contribution is -0.133. The number of likely N-dealkylation sites (tertiary alicyclic amines) is 1. The van der Waals surface area contributed by atoms with Crippen LogP contribution in [0.2, 0.25) is 10.0 Å². The fourth-order valence-electron chi connectivity index (χ4n) is 3.45. The molecule has 0 spiro atoms. The summed E-state index contributed by atoms with van der Waals surface area (Å²) in [6.07, 6.45) is 4.92. The molecule has 1 N–H and O–H groups in total. The summed E-state index contributed by atoms with van der Waals surface area (Å²) in [5, 5.41) is 4.56. The maximum absolute atomic E-state index is 12.3. The standard InChI is InChI=1S/C18H24Cl2N2O2/c19-14-8-15(20)10-17(9-14)24-12-13-3-6-22(7-4-13)18(23)11-16-2-1-5-21-16/h8-10,13,16,21H,1-7,11-12H2. The molecule has 2 saturated heterocycles. The molecule has 6 heteroatoms. The van der Waals surface area contributed by atoms with Crippen LogP contribution in [0.25, 0.3) is 0 Å². The Balaban J connectivity index is 1.40. The van der Waals surface area contributed by atoms with E-state index >= 15 is 0 Å². The molecule has 0 saturated carbocycles. The Morgan fingerprint density at radius 1 is 1.17 bits per heavy atom. The monoisotopic (exact) mass is 370 g/mol. The molecule has 2 aliphatic heterocycles. The van der Waals surface area contributed by atoms with E-state index in [0.717, 1.165) is 38.9 Å². The molecule has 132 valence electrons. The van der Waals surface area contributed by atoms with Gasteiger partial charge >= 0.3 is 0 Å².